The van der Waals surface area contributed by atoms with Gasteiger partial charge in [-0.05, 0) is 96.3 Å². The molecule has 0 aliphatic carbocycles. The van der Waals surface area contributed by atoms with Crippen molar-refractivity contribution in [1.82, 2.24) is 0 Å². The fourth-order valence-electron chi connectivity index (χ4n) is 6.83. The smallest absolute Gasteiger partial charge is 0.462 e. The average molecular weight is 954 g/mol. The van der Waals surface area contributed by atoms with Gasteiger partial charge in [-0.15, -0.1) is 0 Å². The number of carbonyl (C=O) groups is 2. The summed E-state index contributed by atoms with van der Waals surface area (Å²) >= 11 is 0. The van der Waals surface area contributed by atoms with Crippen LogP contribution in [-0.4, -0.2) is 49.3 Å². The van der Waals surface area contributed by atoms with Crippen LogP contribution in [-0.2, 0) is 32.7 Å². The molecule has 0 amide bonds. The van der Waals surface area contributed by atoms with E-state index in [-0.39, 0.29) is 32.6 Å². The SMILES string of the molecule is CC/C=C\C/C=C\C/C=C\C/C=C\C/C=C\CCCCCCCCCCCCCC(=O)OC(COC(=O)CCCCCCCC/C=C\C/C=C\C/C=C\C/C=C\CC)COP(=O)(O)OCCN. The molecule has 3 N–H and O–H groups in total. The second-order valence-corrected chi connectivity index (χ2v) is 18.4. The van der Waals surface area contributed by atoms with Crippen molar-refractivity contribution in [3.63, 3.8) is 0 Å². The standard InChI is InChI=1S/C57H96NO8P/c1-3-5-7-9-11-13-15-17-19-21-23-24-25-26-27-28-29-30-32-34-36-38-40-42-44-46-48-50-57(60)66-55(54-65-67(61,62)64-52-51-58)53-63-56(59)49-47-45-43-41-39-37-35-33-31-22-20-18-16-14-12-10-8-6-4-2/h5-8,11-14,17-20,23-24,26-27,31,33,55H,3-4,9-10,15-16,21-22,25,28-30,32,34-54,58H2,1-2H3,(H,61,62)/b7-5-,8-6-,13-11-,14-12-,19-17-,20-18-,24-23-,27-26-,33-31-. The van der Waals surface area contributed by atoms with Gasteiger partial charge in [0.15, 0.2) is 6.10 Å². The van der Waals surface area contributed by atoms with E-state index in [4.69, 9.17) is 24.3 Å². The monoisotopic (exact) mass is 954 g/mol. The predicted molar refractivity (Wildman–Crippen MR) is 284 cm³/mol. The maximum atomic E-state index is 12.7. The Morgan fingerprint density at radius 2 is 0.776 bits per heavy atom. The molecule has 0 bridgehead atoms. The van der Waals surface area contributed by atoms with Crippen molar-refractivity contribution >= 4 is 19.8 Å². The number of allylic oxidation sites excluding steroid dienone is 18. The van der Waals surface area contributed by atoms with Crippen LogP contribution >= 0.6 is 7.82 Å². The lowest BCUT2D eigenvalue weighted by molar-refractivity contribution is -0.161. The van der Waals surface area contributed by atoms with E-state index in [1.807, 2.05) is 0 Å². The number of unbranched alkanes of at least 4 members (excludes halogenated alkanes) is 17. The van der Waals surface area contributed by atoms with Crippen LogP contribution in [0, 0.1) is 0 Å². The van der Waals surface area contributed by atoms with Gasteiger partial charge in [-0.25, -0.2) is 4.57 Å². The highest BCUT2D eigenvalue weighted by atomic mass is 31.2. The molecule has 67 heavy (non-hydrogen) atoms. The lowest BCUT2D eigenvalue weighted by atomic mass is 10.0. The quantitative estimate of drug-likeness (QED) is 0.0264. The zero-order valence-corrected chi connectivity index (χ0v) is 43.2. The molecule has 0 radical (unpaired) electrons. The highest BCUT2D eigenvalue weighted by Crippen LogP contribution is 2.43. The van der Waals surface area contributed by atoms with Crippen LogP contribution in [0.1, 0.15) is 206 Å². The third-order valence-corrected chi connectivity index (χ3v) is 11.6. The summed E-state index contributed by atoms with van der Waals surface area (Å²) in [5, 5.41) is 0. The summed E-state index contributed by atoms with van der Waals surface area (Å²) in [7, 11) is -4.40. The van der Waals surface area contributed by atoms with Gasteiger partial charge in [0.1, 0.15) is 6.61 Å². The number of esters is 2. The third-order valence-electron chi connectivity index (χ3n) is 10.7. The van der Waals surface area contributed by atoms with Gasteiger partial charge in [-0.1, -0.05) is 207 Å². The van der Waals surface area contributed by atoms with E-state index in [1.54, 1.807) is 0 Å². The number of hydrogen-bond donors (Lipinski definition) is 2. The summed E-state index contributed by atoms with van der Waals surface area (Å²) in [6, 6.07) is 0. The van der Waals surface area contributed by atoms with E-state index < -0.39 is 32.5 Å². The molecule has 0 aromatic carbocycles. The molecular formula is C57H96NO8P. The first-order valence-electron chi connectivity index (χ1n) is 26.4. The third kappa shape index (κ3) is 51.9. The zero-order chi connectivity index (χ0) is 48.8. The van der Waals surface area contributed by atoms with Crippen molar-refractivity contribution in [3.05, 3.63) is 109 Å². The zero-order valence-electron chi connectivity index (χ0n) is 42.3. The van der Waals surface area contributed by atoms with E-state index in [0.717, 1.165) is 122 Å². The Kier molecular flexibility index (Phi) is 49.5. The summed E-state index contributed by atoms with van der Waals surface area (Å²) in [6.07, 6.45) is 69.8. The Labute approximate surface area is 409 Å². The fraction of sp³-hybridized carbons (Fsp3) is 0.649. The summed E-state index contributed by atoms with van der Waals surface area (Å²) in [4.78, 5) is 35.1. The summed E-state index contributed by atoms with van der Waals surface area (Å²) < 4.78 is 33.0. The summed E-state index contributed by atoms with van der Waals surface area (Å²) in [5.74, 6) is -0.854. The minimum atomic E-state index is -4.40. The Morgan fingerprint density at radius 1 is 0.448 bits per heavy atom. The van der Waals surface area contributed by atoms with Crippen molar-refractivity contribution in [2.24, 2.45) is 5.73 Å². The molecule has 0 aromatic heterocycles. The van der Waals surface area contributed by atoms with Crippen molar-refractivity contribution in [2.45, 2.75) is 213 Å². The predicted octanol–water partition coefficient (Wildman–Crippen LogP) is 16.3. The van der Waals surface area contributed by atoms with Gasteiger partial charge in [-0.2, -0.15) is 0 Å². The minimum absolute atomic E-state index is 0.0451. The van der Waals surface area contributed by atoms with Gasteiger partial charge in [0, 0.05) is 19.4 Å². The van der Waals surface area contributed by atoms with Gasteiger partial charge in [0.05, 0.1) is 13.2 Å². The highest BCUT2D eigenvalue weighted by molar-refractivity contribution is 7.47. The van der Waals surface area contributed by atoms with Crippen molar-refractivity contribution in [2.75, 3.05) is 26.4 Å². The van der Waals surface area contributed by atoms with Gasteiger partial charge in [0.2, 0.25) is 0 Å². The van der Waals surface area contributed by atoms with Gasteiger partial charge in [-0.3, -0.25) is 18.6 Å². The van der Waals surface area contributed by atoms with E-state index >= 15 is 0 Å². The van der Waals surface area contributed by atoms with Gasteiger partial charge < -0.3 is 20.1 Å². The van der Waals surface area contributed by atoms with Crippen LogP contribution in [0.2, 0.25) is 0 Å². The first-order valence-corrected chi connectivity index (χ1v) is 27.9. The molecule has 0 aliphatic heterocycles. The maximum absolute atomic E-state index is 12.7. The number of phosphoric acid groups is 1. The van der Waals surface area contributed by atoms with E-state index in [9.17, 15) is 19.0 Å². The molecule has 0 spiro atoms. The van der Waals surface area contributed by atoms with Crippen LogP contribution in [0.4, 0.5) is 0 Å². The second kappa shape index (κ2) is 52.0. The van der Waals surface area contributed by atoms with Crippen LogP contribution in [0.15, 0.2) is 109 Å². The number of phosphoric ester groups is 1. The molecule has 9 nitrogen and oxygen atoms in total. The Hall–Kier alpha value is -3.33. The molecule has 2 unspecified atom stereocenters. The van der Waals surface area contributed by atoms with E-state index in [2.05, 4.69) is 123 Å². The molecule has 0 aliphatic rings. The topological polar surface area (TPSA) is 134 Å². The molecule has 2 atom stereocenters. The normalized spacial score (nSPS) is 14.0. The van der Waals surface area contributed by atoms with Crippen LogP contribution in [0.3, 0.4) is 0 Å². The van der Waals surface area contributed by atoms with Crippen molar-refractivity contribution in [3.8, 4) is 0 Å². The van der Waals surface area contributed by atoms with E-state index in [1.165, 1.54) is 44.9 Å². The lowest BCUT2D eigenvalue weighted by Crippen LogP contribution is -2.29. The average Bonchev–Trinajstić information content (AvgIpc) is 3.32. The number of carbonyl (C=O) groups excluding carboxylic acids is 2. The summed E-state index contributed by atoms with van der Waals surface area (Å²) in [5.41, 5.74) is 5.37. The van der Waals surface area contributed by atoms with E-state index in [0.29, 0.717) is 12.8 Å². The first-order chi connectivity index (χ1) is 32.8. The second-order valence-electron chi connectivity index (χ2n) is 17.0. The van der Waals surface area contributed by atoms with Crippen LogP contribution in [0.5, 0.6) is 0 Å². The number of rotatable bonds is 48. The van der Waals surface area contributed by atoms with Crippen molar-refractivity contribution in [1.29, 1.82) is 0 Å². The molecule has 0 fully saturated rings. The fourth-order valence-corrected chi connectivity index (χ4v) is 7.59. The molecule has 0 saturated heterocycles. The minimum Gasteiger partial charge on any atom is -0.462 e. The molecule has 382 valence electrons. The molecule has 0 saturated carbocycles. The molecule has 10 heteroatoms. The molecule has 0 aromatic rings. The summed E-state index contributed by atoms with van der Waals surface area (Å²) in [6.45, 7) is 3.49. The number of nitrogens with two attached hydrogens (primary N) is 1. The lowest BCUT2D eigenvalue weighted by Gasteiger charge is -2.19. The number of ether oxygens (including phenoxy) is 2. The molecule has 0 rings (SSSR count). The van der Waals surface area contributed by atoms with Crippen molar-refractivity contribution < 1.29 is 37.6 Å². The Bertz CT molecular complexity index is 1460. The Balaban J connectivity index is 4.07. The largest absolute Gasteiger partial charge is 0.472 e. The van der Waals surface area contributed by atoms with Gasteiger partial charge >= 0.3 is 19.8 Å². The molecular weight excluding hydrogens is 858 g/mol. The van der Waals surface area contributed by atoms with Crippen LogP contribution in [0.25, 0.3) is 0 Å². The Morgan fingerprint density at radius 3 is 1.15 bits per heavy atom. The maximum Gasteiger partial charge on any atom is 0.472 e. The molecule has 0 heterocycles. The highest BCUT2D eigenvalue weighted by Gasteiger charge is 2.26. The number of hydrogen-bond acceptors (Lipinski definition) is 8. The van der Waals surface area contributed by atoms with Gasteiger partial charge in [0.25, 0.3) is 0 Å². The first kappa shape index (κ1) is 63.7. The van der Waals surface area contributed by atoms with Crippen LogP contribution < -0.4 is 5.73 Å².